The van der Waals surface area contributed by atoms with Gasteiger partial charge < -0.3 is 10.2 Å². The third-order valence-corrected chi connectivity index (χ3v) is 2.02. The zero-order chi connectivity index (χ0) is 7.72. The molecule has 3 nitrogen and oxygen atoms in total. The van der Waals surface area contributed by atoms with Crippen molar-refractivity contribution in [1.29, 1.82) is 0 Å². The normalized spacial score (nSPS) is 25.4. The van der Waals surface area contributed by atoms with E-state index in [-0.39, 0.29) is 11.9 Å². The highest BCUT2D eigenvalue weighted by atomic mass is 32.1. The fourth-order valence-corrected chi connectivity index (χ4v) is 1.40. The number of carbonyl (C=O) groups excluding carboxylic acids is 1. The van der Waals surface area contributed by atoms with Crippen LogP contribution in [0.15, 0.2) is 0 Å². The number of nitrogens with zero attached hydrogens (tertiary/aromatic N) is 1. The fourth-order valence-electron chi connectivity index (χ4n) is 1.02. The minimum Gasteiger partial charge on any atom is -0.337 e. The molecule has 1 aliphatic rings. The summed E-state index contributed by atoms with van der Waals surface area (Å²) in [5.41, 5.74) is 0. The highest BCUT2D eigenvalue weighted by molar-refractivity contribution is 7.80. The Kier molecular flexibility index (Phi) is 1.89. The summed E-state index contributed by atoms with van der Waals surface area (Å²) in [5, 5.41) is 3.14. The summed E-state index contributed by atoms with van der Waals surface area (Å²) in [6.07, 6.45) is 0. The van der Waals surface area contributed by atoms with Crippen LogP contribution in [0.1, 0.15) is 13.8 Å². The molecule has 10 heavy (non-hydrogen) atoms. The summed E-state index contributed by atoms with van der Waals surface area (Å²) in [6.45, 7) is 4.61. The Balaban J connectivity index is 2.73. The second-order valence-corrected chi connectivity index (χ2v) is 2.64. The molecular weight excluding hydrogens is 148 g/mol. The summed E-state index contributed by atoms with van der Waals surface area (Å²) in [5.74, 6) is 0.00634. The number of nitrogens with one attached hydrogen (secondary N) is 1. The molecule has 1 aliphatic heterocycles. The highest BCUT2D eigenvalue weighted by Gasteiger charge is 2.30. The summed E-state index contributed by atoms with van der Waals surface area (Å²) in [4.78, 5) is 12.8. The number of amides is 1. The maximum atomic E-state index is 10.9. The van der Waals surface area contributed by atoms with Crippen molar-refractivity contribution in [3.8, 4) is 0 Å². The number of thiocarbonyl (C=S) groups is 1. The van der Waals surface area contributed by atoms with Gasteiger partial charge in [-0.3, -0.25) is 4.79 Å². The highest BCUT2D eigenvalue weighted by Crippen LogP contribution is 2.06. The Hall–Kier alpha value is -0.640. The van der Waals surface area contributed by atoms with Gasteiger partial charge >= 0.3 is 0 Å². The summed E-state index contributed by atoms with van der Waals surface area (Å²) < 4.78 is 0. The molecule has 1 unspecified atom stereocenters. The van der Waals surface area contributed by atoms with Crippen molar-refractivity contribution in [3.63, 3.8) is 0 Å². The molecule has 0 aromatic carbocycles. The van der Waals surface area contributed by atoms with Crippen LogP contribution in [0.3, 0.4) is 0 Å². The molecule has 1 amide bonds. The number of rotatable bonds is 1. The van der Waals surface area contributed by atoms with Gasteiger partial charge in [0.05, 0.1) is 0 Å². The lowest BCUT2D eigenvalue weighted by Crippen LogP contribution is -2.32. The van der Waals surface area contributed by atoms with E-state index in [0.29, 0.717) is 5.11 Å². The van der Waals surface area contributed by atoms with E-state index in [9.17, 15) is 4.79 Å². The van der Waals surface area contributed by atoms with E-state index in [1.54, 1.807) is 0 Å². The number of hydrogen-bond donors (Lipinski definition) is 1. The van der Waals surface area contributed by atoms with Crippen molar-refractivity contribution in [2.45, 2.75) is 19.9 Å². The van der Waals surface area contributed by atoms with Gasteiger partial charge in [-0.1, -0.05) is 0 Å². The molecule has 4 heteroatoms. The largest absolute Gasteiger partial charge is 0.337 e. The zero-order valence-corrected chi connectivity index (χ0v) is 6.86. The Bertz CT molecular complexity index is 181. The fraction of sp³-hybridized carbons (Fsp3) is 0.667. The molecule has 1 N–H and O–H groups in total. The quantitative estimate of drug-likeness (QED) is 0.550. The van der Waals surface area contributed by atoms with E-state index in [1.165, 1.54) is 0 Å². The average molecular weight is 158 g/mol. The molecule has 0 saturated carbocycles. The van der Waals surface area contributed by atoms with Crippen LogP contribution in [-0.4, -0.2) is 28.5 Å². The molecule has 1 saturated heterocycles. The maximum Gasteiger partial charge on any atom is 0.248 e. The monoisotopic (exact) mass is 158 g/mol. The second kappa shape index (κ2) is 2.54. The second-order valence-electron chi connectivity index (χ2n) is 2.26. The van der Waals surface area contributed by atoms with E-state index >= 15 is 0 Å². The minimum absolute atomic E-state index is 0.00634. The van der Waals surface area contributed by atoms with Crippen molar-refractivity contribution in [1.82, 2.24) is 10.2 Å². The molecule has 1 fully saturated rings. The van der Waals surface area contributed by atoms with Crippen LogP contribution >= 0.6 is 12.2 Å². The van der Waals surface area contributed by atoms with E-state index in [1.807, 2.05) is 18.7 Å². The smallest absolute Gasteiger partial charge is 0.248 e. The molecule has 1 heterocycles. The predicted molar refractivity (Wildman–Crippen MR) is 42.6 cm³/mol. The molecule has 1 rings (SSSR count). The molecule has 1 atom stereocenters. The summed E-state index contributed by atoms with van der Waals surface area (Å²) >= 11 is 4.89. The number of carbonyl (C=O) groups is 1. The lowest BCUT2D eigenvalue weighted by molar-refractivity contribution is -0.120. The standard InChI is InChI=1S/C6H10N2OS/c1-3-8-4(2)5(9)7-6(8)10/h4H,3H2,1-2H3,(H,7,9,10). The number of likely N-dealkylation sites (N-methyl/N-ethyl adjacent to an activating group) is 1. The first-order valence-corrected chi connectivity index (χ1v) is 3.69. The van der Waals surface area contributed by atoms with Gasteiger partial charge in [-0.2, -0.15) is 0 Å². The molecule has 0 spiro atoms. The first-order valence-electron chi connectivity index (χ1n) is 3.28. The van der Waals surface area contributed by atoms with Crippen LogP contribution in [0.4, 0.5) is 0 Å². The van der Waals surface area contributed by atoms with Crippen molar-refractivity contribution in [2.24, 2.45) is 0 Å². The average Bonchev–Trinajstić information content (AvgIpc) is 2.09. The molecule has 0 radical (unpaired) electrons. The van der Waals surface area contributed by atoms with Crippen molar-refractivity contribution >= 4 is 23.2 Å². The first kappa shape index (κ1) is 7.47. The molecular formula is C6H10N2OS. The lowest BCUT2D eigenvalue weighted by atomic mass is 10.3. The third-order valence-electron chi connectivity index (χ3n) is 1.68. The molecule has 0 bridgehead atoms. The third kappa shape index (κ3) is 0.988. The van der Waals surface area contributed by atoms with Gasteiger partial charge in [-0.05, 0) is 26.1 Å². The van der Waals surface area contributed by atoms with Crippen LogP contribution < -0.4 is 5.32 Å². The Morgan fingerprint density at radius 1 is 1.80 bits per heavy atom. The first-order chi connectivity index (χ1) is 4.66. The number of hydrogen-bond acceptors (Lipinski definition) is 2. The predicted octanol–water partition coefficient (Wildman–Crippen LogP) is 0.111. The van der Waals surface area contributed by atoms with Crippen LogP contribution in [0.25, 0.3) is 0 Å². The van der Waals surface area contributed by atoms with Crippen molar-refractivity contribution in [3.05, 3.63) is 0 Å². The molecule has 0 aliphatic carbocycles. The van der Waals surface area contributed by atoms with Crippen LogP contribution in [0, 0.1) is 0 Å². The van der Waals surface area contributed by atoms with Gasteiger partial charge in [-0.25, -0.2) is 0 Å². The van der Waals surface area contributed by atoms with Crippen LogP contribution in [-0.2, 0) is 4.79 Å². The van der Waals surface area contributed by atoms with Gasteiger partial charge in [0.1, 0.15) is 6.04 Å². The van der Waals surface area contributed by atoms with Gasteiger partial charge in [-0.15, -0.1) is 0 Å². The Morgan fingerprint density at radius 2 is 2.40 bits per heavy atom. The molecule has 0 aromatic rings. The van der Waals surface area contributed by atoms with E-state index in [2.05, 4.69) is 5.32 Å². The van der Waals surface area contributed by atoms with Gasteiger partial charge in [0.15, 0.2) is 5.11 Å². The Labute approximate surface area is 65.4 Å². The van der Waals surface area contributed by atoms with E-state index in [4.69, 9.17) is 12.2 Å². The van der Waals surface area contributed by atoms with Crippen LogP contribution in [0.5, 0.6) is 0 Å². The van der Waals surface area contributed by atoms with Crippen molar-refractivity contribution in [2.75, 3.05) is 6.54 Å². The Morgan fingerprint density at radius 3 is 2.60 bits per heavy atom. The van der Waals surface area contributed by atoms with Crippen LogP contribution in [0.2, 0.25) is 0 Å². The topological polar surface area (TPSA) is 32.3 Å². The minimum atomic E-state index is -0.0856. The molecule has 0 aromatic heterocycles. The summed E-state index contributed by atoms with van der Waals surface area (Å²) in [6, 6.07) is -0.0856. The van der Waals surface area contributed by atoms with Gasteiger partial charge in [0, 0.05) is 6.54 Å². The SMILES string of the molecule is CCN1C(=S)NC(=O)C1C. The van der Waals surface area contributed by atoms with E-state index < -0.39 is 0 Å². The van der Waals surface area contributed by atoms with Gasteiger partial charge in [0.25, 0.3) is 0 Å². The maximum absolute atomic E-state index is 10.9. The van der Waals surface area contributed by atoms with E-state index in [0.717, 1.165) is 6.54 Å². The summed E-state index contributed by atoms with van der Waals surface area (Å²) in [7, 11) is 0. The van der Waals surface area contributed by atoms with Crippen molar-refractivity contribution < 1.29 is 4.79 Å². The lowest BCUT2D eigenvalue weighted by Gasteiger charge is -2.16. The molecule has 56 valence electrons. The zero-order valence-electron chi connectivity index (χ0n) is 6.05. The van der Waals surface area contributed by atoms with Gasteiger partial charge in [0.2, 0.25) is 5.91 Å².